The normalized spacial score (nSPS) is 21.6. The molecule has 0 fully saturated rings. The minimum Gasteiger partial charge on any atom is -0.389 e. The molecular formula is C15H18N2O3. The largest absolute Gasteiger partial charge is 0.389 e. The summed E-state index contributed by atoms with van der Waals surface area (Å²) in [5.41, 5.74) is 0.592. The number of nitrogens with one attached hydrogen (secondary N) is 1. The van der Waals surface area contributed by atoms with Gasteiger partial charge in [-0.1, -0.05) is 31.5 Å². The third kappa shape index (κ3) is 2.57. The van der Waals surface area contributed by atoms with Crippen molar-refractivity contribution in [3.8, 4) is 0 Å². The molecule has 5 nitrogen and oxygen atoms in total. The summed E-state index contributed by atoms with van der Waals surface area (Å²) >= 11 is 0. The number of ether oxygens (including phenoxy) is 1. The van der Waals surface area contributed by atoms with Gasteiger partial charge < -0.3 is 4.74 Å². The smallest absolute Gasteiger partial charge is 0.345 e. The van der Waals surface area contributed by atoms with Crippen molar-refractivity contribution in [2.75, 3.05) is 0 Å². The molecule has 0 aromatic heterocycles. The first-order valence-electron chi connectivity index (χ1n) is 6.53. The summed E-state index contributed by atoms with van der Waals surface area (Å²) in [6.07, 6.45) is 0. The number of carbonyl (C=O) groups excluding carboxylic acids is 2. The summed E-state index contributed by atoms with van der Waals surface area (Å²) in [5.74, 6) is -0.769. The molecule has 0 saturated heterocycles. The molecule has 1 N–H and O–H groups in total. The van der Waals surface area contributed by atoms with E-state index in [0.29, 0.717) is 5.56 Å². The zero-order valence-corrected chi connectivity index (χ0v) is 12.1. The predicted octanol–water partition coefficient (Wildman–Crippen LogP) is 2.05. The number of hydrogen-bond donors (Lipinski definition) is 1. The first-order chi connectivity index (χ1) is 9.33. The minimum absolute atomic E-state index is 0.0121. The van der Waals surface area contributed by atoms with Crippen molar-refractivity contribution in [3.05, 3.63) is 35.4 Å². The van der Waals surface area contributed by atoms with E-state index in [-0.39, 0.29) is 17.8 Å². The number of aliphatic imine (C=N–C) groups is 1. The molecule has 1 atom stereocenters. The summed E-state index contributed by atoms with van der Waals surface area (Å²) in [6.45, 7) is 7.45. The van der Waals surface area contributed by atoms with Crippen LogP contribution in [0.3, 0.4) is 0 Å². The second-order valence-electron chi connectivity index (χ2n) is 5.43. The van der Waals surface area contributed by atoms with E-state index in [1.807, 2.05) is 32.9 Å². The fraction of sp³-hybridized carbons (Fsp3) is 0.400. The van der Waals surface area contributed by atoms with Crippen molar-refractivity contribution < 1.29 is 14.3 Å². The van der Waals surface area contributed by atoms with Crippen LogP contribution < -0.4 is 5.32 Å². The highest BCUT2D eigenvalue weighted by molar-refractivity contribution is 6.09. The van der Waals surface area contributed by atoms with E-state index in [4.69, 9.17) is 4.74 Å². The van der Waals surface area contributed by atoms with Crippen LogP contribution in [-0.2, 0) is 9.53 Å². The molecule has 1 heterocycles. The lowest BCUT2D eigenvalue weighted by Gasteiger charge is -2.21. The SMILES string of the molecule is Cc1ccc(C(=O)OC2=NC(C)(C(C)C)C(=O)N2)cc1. The Kier molecular flexibility index (Phi) is 3.61. The van der Waals surface area contributed by atoms with Gasteiger partial charge in [-0.25, -0.2) is 9.79 Å². The Labute approximate surface area is 118 Å². The van der Waals surface area contributed by atoms with Crippen molar-refractivity contribution in [1.82, 2.24) is 5.32 Å². The molecule has 0 saturated carbocycles. The number of amides is 1. The van der Waals surface area contributed by atoms with E-state index in [9.17, 15) is 9.59 Å². The quantitative estimate of drug-likeness (QED) is 0.839. The molecular weight excluding hydrogens is 256 g/mol. The lowest BCUT2D eigenvalue weighted by Crippen LogP contribution is -2.41. The van der Waals surface area contributed by atoms with Gasteiger partial charge in [-0.2, -0.15) is 0 Å². The fourth-order valence-electron chi connectivity index (χ4n) is 1.79. The summed E-state index contributed by atoms with van der Waals surface area (Å²) in [6, 6.07) is 6.97. The molecule has 1 aromatic rings. The highest BCUT2D eigenvalue weighted by Crippen LogP contribution is 2.25. The summed E-state index contributed by atoms with van der Waals surface area (Å²) in [5, 5.41) is 2.51. The lowest BCUT2D eigenvalue weighted by atomic mass is 9.89. The maximum absolute atomic E-state index is 11.9. The second kappa shape index (κ2) is 5.07. The Bertz CT molecular complexity index is 575. The number of aryl methyl sites for hydroxylation is 1. The molecule has 0 spiro atoms. The van der Waals surface area contributed by atoms with Gasteiger partial charge in [0.25, 0.3) is 5.91 Å². The van der Waals surface area contributed by atoms with Crippen molar-refractivity contribution in [2.24, 2.45) is 10.9 Å². The molecule has 0 bridgehead atoms. The number of esters is 1. The predicted molar refractivity (Wildman–Crippen MR) is 75.4 cm³/mol. The molecule has 5 heteroatoms. The van der Waals surface area contributed by atoms with E-state index in [1.165, 1.54) is 0 Å². The zero-order chi connectivity index (χ0) is 14.9. The van der Waals surface area contributed by atoms with Gasteiger partial charge in [-0.05, 0) is 31.9 Å². The van der Waals surface area contributed by atoms with E-state index >= 15 is 0 Å². The van der Waals surface area contributed by atoms with Crippen LogP contribution in [0, 0.1) is 12.8 Å². The van der Waals surface area contributed by atoms with Gasteiger partial charge in [0, 0.05) is 0 Å². The maximum Gasteiger partial charge on any atom is 0.345 e. The third-order valence-electron chi connectivity index (χ3n) is 3.61. The van der Waals surface area contributed by atoms with Crippen LogP contribution in [0.15, 0.2) is 29.3 Å². The number of benzene rings is 1. The average Bonchev–Trinajstić information content (AvgIpc) is 2.66. The molecule has 2 rings (SSSR count). The Hall–Kier alpha value is -2.17. The Morgan fingerprint density at radius 1 is 1.30 bits per heavy atom. The molecule has 1 unspecified atom stereocenters. The maximum atomic E-state index is 11.9. The van der Waals surface area contributed by atoms with E-state index < -0.39 is 11.5 Å². The molecule has 106 valence electrons. The number of amidine groups is 1. The summed E-state index contributed by atoms with van der Waals surface area (Å²) in [4.78, 5) is 28.0. The molecule has 0 radical (unpaired) electrons. The highest BCUT2D eigenvalue weighted by atomic mass is 16.6. The first-order valence-corrected chi connectivity index (χ1v) is 6.53. The van der Waals surface area contributed by atoms with E-state index in [1.54, 1.807) is 19.1 Å². The van der Waals surface area contributed by atoms with Crippen LogP contribution in [0.1, 0.15) is 36.7 Å². The standard InChI is InChI=1S/C15H18N2O3/c1-9(2)15(4)13(19)16-14(17-15)20-12(18)11-7-5-10(3)6-8-11/h5-9H,1-4H3,(H,16,17,19). The van der Waals surface area contributed by atoms with Crippen LogP contribution in [0.5, 0.6) is 0 Å². The number of carbonyl (C=O) groups is 2. The van der Waals surface area contributed by atoms with Gasteiger partial charge in [-0.3, -0.25) is 10.1 Å². The zero-order valence-electron chi connectivity index (χ0n) is 12.1. The molecule has 1 aliphatic heterocycles. The van der Waals surface area contributed by atoms with Crippen LogP contribution in [0.2, 0.25) is 0 Å². The van der Waals surface area contributed by atoms with Crippen LogP contribution in [0.25, 0.3) is 0 Å². The van der Waals surface area contributed by atoms with Gasteiger partial charge in [0.1, 0.15) is 5.54 Å². The molecule has 0 aliphatic carbocycles. The summed E-state index contributed by atoms with van der Waals surface area (Å²) < 4.78 is 5.13. The van der Waals surface area contributed by atoms with E-state index in [0.717, 1.165) is 5.56 Å². The Morgan fingerprint density at radius 3 is 2.40 bits per heavy atom. The van der Waals surface area contributed by atoms with E-state index in [2.05, 4.69) is 10.3 Å². The Morgan fingerprint density at radius 2 is 1.90 bits per heavy atom. The molecule has 20 heavy (non-hydrogen) atoms. The van der Waals surface area contributed by atoms with Crippen LogP contribution >= 0.6 is 0 Å². The van der Waals surface area contributed by atoms with Gasteiger partial charge in [0.05, 0.1) is 5.56 Å². The monoisotopic (exact) mass is 274 g/mol. The lowest BCUT2D eigenvalue weighted by molar-refractivity contribution is -0.124. The van der Waals surface area contributed by atoms with Crippen LogP contribution in [-0.4, -0.2) is 23.4 Å². The van der Waals surface area contributed by atoms with Crippen molar-refractivity contribution in [3.63, 3.8) is 0 Å². The van der Waals surface area contributed by atoms with Crippen molar-refractivity contribution in [2.45, 2.75) is 33.2 Å². The molecule has 1 amide bonds. The minimum atomic E-state index is -0.886. The topological polar surface area (TPSA) is 67.8 Å². The Balaban J connectivity index is 2.13. The second-order valence-corrected chi connectivity index (χ2v) is 5.43. The van der Waals surface area contributed by atoms with Gasteiger partial charge in [0.2, 0.25) is 0 Å². The number of hydrogen-bond acceptors (Lipinski definition) is 4. The number of rotatable bonds is 2. The van der Waals surface area contributed by atoms with Gasteiger partial charge >= 0.3 is 12.0 Å². The average molecular weight is 274 g/mol. The van der Waals surface area contributed by atoms with Crippen LogP contribution in [0.4, 0.5) is 0 Å². The molecule has 1 aromatic carbocycles. The van der Waals surface area contributed by atoms with Crippen molar-refractivity contribution >= 4 is 17.9 Å². The fourth-order valence-corrected chi connectivity index (χ4v) is 1.79. The molecule has 1 aliphatic rings. The third-order valence-corrected chi connectivity index (χ3v) is 3.61. The van der Waals surface area contributed by atoms with Gasteiger partial charge in [0.15, 0.2) is 0 Å². The first kappa shape index (κ1) is 14.2. The highest BCUT2D eigenvalue weighted by Gasteiger charge is 2.43. The van der Waals surface area contributed by atoms with Gasteiger partial charge in [-0.15, -0.1) is 0 Å². The van der Waals surface area contributed by atoms with Crippen molar-refractivity contribution in [1.29, 1.82) is 0 Å². The summed E-state index contributed by atoms with van der Waals surface area (Å²) in [7, 11) is 0. The number of nitrogens with zero attached hydrogens (tertiary/aromatic N) is 1.